The smallest absolute Gasteiger partial charge is 0.0645 e. The maximum atomic E-state index is 9.21. The highest BCUT2D eigenvalue weighted by Gasteiger charge is 2.38. The minimum Gasteiger partial charge on any atom is -0.310 e. The van der Waals surface area contributed by atoms with Crippen molar-refractivity contribution in [3.63, 3.8) is 0 Å². The van der Waals surface area contributed by atoms with Crippen molar-refractivity contribution in [2.24, 2.45) is 0 Å². The minimum atomic E-state index is -0.691. The van der Waals surface area contributed by atoms with Crippen LogP contribution in [0.1, 0.15) is 38.7 Å². The van der Waals surface area contributed by atoms with Gasteiger partial charge in [-0.3, -0.25) is 0 Å². The molecule has 0 aliphatic heterocycles. The van der Waals surface area contributed by atoms with E-state index in [-0.39, 0.29) is 35.5 Å². The Bertz CT molecular complexity index is 3360. The van der Waals surface area contributed by atoms with Crippen LogP contribution in [0.4, 0.5) is 34.1 Å². The van der Waals surface area contributed by atoms with Gasteiger partial charge in [0.25, 0.3) is 0 Å². The SMILES string of the molecule is [2H]c1c([2H])c([2H])c(N(c2ccc3c(c2)C(C)(C)c2cc(N(c4ccc5ccccc5c4)c4c([2H])c([2H])c([2H])c([2H])c4[2H])c4ccccc4c2-3)c2ccc3ccccc3c2)c([2H])c1[2H]. The van der Waals surface area contributed by atoms with Crippen molar-refractivity contribution in [2.75, 3.05) is 9.80 Å². The van der Waals surface area contributed by atoms with Crippen molar-refractivity contribution in [3.05, 3.63) is 205 Å². The molecule has 2 nitrogen and oxygen atoms in total. The highest BCUT2D eigenvalue weighted by Crippen LogP contribution is 2.55. The quantitative estimate of drug-likeness (QED) is 0.172. The molecule has 0 atom stereocenters. The molecule has 0 bridgehead atoms. The number of anilines is 6. The van der Waals surface area contributed by atoms with Crippen LogP contribution in [0, 0.1) is 0 Å². The second-order valence-corrected chi connectivity index (χ2v) is 13.9. The van der Waals surface area contributed by atoms with Crippen molar-refractivity contribution in [2.45, 2.75) is 19.3 Å². The third-order valence-corrected chi connectivity index (χ3v) is 10.5. The van der Waals surface area contributed by atoms with Gasteiger partial charge in [-0.25, -0.2) is 0 Å². The predicted octanol–water partition coefficient (Wildman–Crippen LogP) is 14.4. The van der Waals surface area contributed by atoms with Crippen molar-refractivity contribution >= 4 is 66.4 Å². The summed E-state index contributed by atoms with van der Waals surface area (Å²) in [6.07, 6.45) is 0. The maximum Gasteiger partial charge on any atom is 0.0645 e. The van der Waals surface area contributed by atoms with Gasteiger partial charge in [0, 0.05) is 39.2 Å². The van der Waals surface area contributed by atoms with Gasteiger partial charge in [-0.05, 0) is 116 Å². The van der Waals surface area contributed by atoms with Crippen LogP contribution >= 0.6 is 0 Å². The van der Waals surface area contributed by atoms with Crippen molar-refractivity contribution in [1.82, 2.24) is 0 Å². The lowest BCUT2D eigenvalue weighted by molar-refractivity contribution is 0.661. The molecule has 2 heteroatoms. The summed E-state index contributed by atoms with van der Waals surface area (Å²) in [5, 5.41) is 5.55. The molecule has 0 heterocycles. The van der Waals surface area contributed by atoms with E-state index < -0.39 is 41.7 Å². The van der Waals surface area contributed by atoms with Crippen LogP contribution in [-0.4, -0.2) is 0 Å². The van der Waals surface area contributed by atoms with E-state index in [2.05, 4.69) is 19.9 Å². The van der Waals surface area contributed by atoms with E-state index in [9.17, 15) is 2.74 Å². The molecular weight excluding hydrogens is 641 g/mol. The first kappa shape index (κ1) is 22.3. The van der Waals surface area contributed by atoms with Crippen LogP contribution < -0.4 is 9.80 Å². The lowest BCUT2D eigenvalue weighted by Crippen LogP contribution is -2.18. The zero-order chi connectivity index (χ0) is 44.2. The number of fused-ring (bicyclic) bond motifs is 7. The molecule has 0 spiro atoms. The Balaban J connectivity index is 1.23. The first-order valence-corrected chi connectivity index (χ1v) is 17.6. The molecule has 1 aliphatic rings. The largest absolute Gasteiger partial charge is 0.310 e. The van der Waals surface area contributed by atoms with Crippen molar-refractivity contribution < 1.29 is 13.7 Å². The molecule has 9 aromatic rings. The highest BCUT2D eigenvalue weighted by molar-refractivity contribution is 6.10. The van der Waals surface area contributed by atoms with Gasteiger partial charge in [-0.2, -0.15) is 0 Å². The zero-order valence-corrected chi connectivity index (χ0v) is 29.1. The molecule has 0 N–H and O–H groups in total. The van der Waals surface area contributed by atoms with Crippen LogP contribution in [0.25, 0.3) is 43.4 Å². The number of para-hydroxylation sites is 2. The fourth-order valence-electron chi connectivity index (χ4n) is 8.01. The number of benzene rings is 9. The van der Waals surface area contributed by atoms with E-state index in [1.807, 2.05) is 127 Å². The number of hydrogen-bond acceptors (Lipinski definition) is 2. The van der Waals surface area contributed by atoms with Crippen LogP contribution in [0.5, 0.6) is 0 Å². The summed E-state index contributed by atoms with van der Waals surface area (Å²) >= 11 is 0. The fraction of sp³-hybridized carbons (Fsp3) is 0.0588. The van der Waals surface area contributed by atoms with Gasteiger partial charge >= 0.3 is 0 Å². The molecule has 1 aliphatic carbocycles. The Hall–Kier alpha value is -6.64. The Morgan fingerprint density at radius 1 is 0.415 bits per heavy atom. The molecule has 0 saturated carbocycles. The number of hydrogen-bond donors (Lipinski definition) is 0. The topological polar surface area (TPSA) is 6.48 Å². The Morgan fingerprint density at radius 2 is 0.906 bits per heavy atom. The average molecular weight is 689 g/mol. The zero-order valence-electron chi connectivity index (χ0n) is 39.1. The molecule has 0 radical (unpaired) electrons. The molecule has 0 aromatic heterocycles. The van der Waals surface area contributed by atoms with E-state index in [1.165, 1.54) is 0 Å². The Labute approximate surface area is 324 Å². The second kappa shape index (κ2) is 12.3. The molecule has 0 saturated heterocycles. The highest BCUT2D eigenvalue weighted by atomic mass is 15.1. The second-order valence-electron chi connectivity index (χ2n) is 13.9. The number of nitrogens with zero attached hydrogens (tertiary/aromatic N) is 2. The van der Waals surface area contributed by atoms with Crippen molar-refractivity contribution in [3.8, 4) is 11.1 Å². The van der Waals surface area contributed by atoms with Crippen LogP contribution in [0.2, 0.25) is 0 Å². The summed E-state index contributed by atoms with van der Waals surface area (Å²) in [5.74, 6) is 0. The van der Waals surface area contributed by atoms with Gasteiger partial charge in [-0.15, -0.1) is 0 Å². The van der Waals surface area contributed by atoms with Gasteiger partial charge in [0.05, 0.1) is 19.4 Å². The average Bonchev–Trinajstić information content (AvgIpc) is 3.53. The molecule has 252 valence electrons. The van der Waals surface area contributed by atoms with E-state index in [4.69, 9.17) is 11.0 Å². The summed E-state index contributed by atoms with van der Waals surface area (Å²) in [7, 11) is 0. The minimum absolute atomic E-state index is 0.0293. The van der Waals surface area contributed by atoms with Gasteiger partial charge in [0.1, 0.15) is 0 Å². The standard InChI is InChI=1S/C51H38N2/c1-51(2)47-33-43(52(39-19-5-3-6-20-39)41-27-25-35-15-9-11-17-37(35)31-41)29-30-46(47)50-45-24-14-13-23-44(45)49(34-48(50)51)53(40-21-7-4-8-22-40)42-28-26-36-16-10-12-18-38(36)32-42/h3-34H,1-2H3/i3D,4D,5D,6D,7D,8D,19D,20D,21D,22D. The molecule has 9 aromatic carbocycles. The normalized spacial score (nSPS) is 15.5. The van der Waals surface area contributed by atoms with E-state index in [1.54, 1.807) is 9.80 Å². The third kappa shape index (κ3) is 5.10. The van der Waals surface area contributed by atoms with Crippen LogP contribution in [0.3, 0.4) is 0 Å². The molecule has 0 amide bonds. The van der Waals surface area contributed by atoms with Crippen LogP contribution in [-0.2, 0) is 5.41 Å². The molecule has 0 unspecified atom stereocenters. The Kier molecular flexibility index (Phi) is 5.16. The van der Waals surface area contributed by atoms with E-state index in [0.717, 1.165) is 54.6 Å². The van der Waals surface area contributed by atoms with E-state index >= 15 is 0 Å². The number of rotatable bonds is 6. The van der Waals surface area contributed by atoms with Gasteiger partial charge in [0.2, 0.25) is 0 Å². The first-order chi connectivity index (χ1) is 30.2. The monoisotopic (exact) mass is 688 g/mol. The maximum absolute atomic E-state index is 9.21. The lowest BCUT2D eigenvalue weighted by atomic mass is 9.81. The predicted molar refractivity (Wildman–Crippen MR) is 226 cm³/mol. The molecule has 10 rings (SSSR count). The molecular formula is C51H38N2. The summed E-state index contributed by atoms with van der Waals surface area (Å²) in [6, 6.07) is 39.5. The Morgan fingerprint density at radius 3 is 1.53 bits per heavy atom. The van der Waals surface area contributed by atoms with Gasteiger partial charge in [0.15, 0.2) is 0 Å². The van der Waals surface area contributed by atoms with E-state index in [0.29, 0.717) is 22.7 Å². The fourth-order valence-corrected chi connectivity index (χ4v) is 8.01. The van der Waals surface area contributed by atoms with Crippen LogP contribution in [0.15, 0.2) is 194 Å². The summed E-state index contributed by atoms with van der Waals surface area (Å²) in [5.41, 5.74) is 5.68. The lowest BCUT2D eigenvalue weighted by Gasteiger charge is -2.30. The summed E-state index contributed by atoms with van der Waals surface area (Å²) in [6.45, 7) is 4.24. The molecule has 53 heavy (non-hydrogen) atoms. The third-order valence-electron chi connectivity index (χ3n) is 10.5. The first-order valence-electron chi connectivity index (χ1n) is 22.6. The van der Waals surface area contributed by atoms with Crippen molar-refractivity contribution in [1.29, 1.82) is 0 Å². The summed E-state index contributed by atoms with van der Waals surface area (Å²) < 4.78 is 88.1. The van der Waals surface area contributed by atoms with Gasteiger partial charge < -0.3 is 9.80 Å². The van der Waals surface area contributed by atoms with Gasteiger partial charge in [-0.1, -0.05) is 141 Å². The molecule has 0 fully saturated rings. The summed E-state index contributed by atoms with van der Waals surface area (Å²) in [4.78, 5) is 3.54.